The molecule has 4 nitrogen and oxygen atoms in total. The molecular weight excluding hydrogens is 310 g/mol. The van der Waals surface area contributed by atoms with E-state index in [1.54, 1.807) is 18.2 Å². The van der Waals surface area contributed by atoms with Crippen molar-refractivity contribution >= 4 is 23.6 Å². The molecule has 0 spiro atoms. The maximum absolute atomic E-state index is 12.2. The van der Waals surface area contributed by atoms with Gasteiger partial charge in [-0.15, -0.1) is 11.8 Å². The van der Waals surface area contributed by atoms with Crippen LogP contribution in [0, 0.1) is 17.8 Å². The van der Waals surface area contributed by atoms with Gasteiger partial charge in [-0.05, 0) is 50.0 Å². The molecule has 2 bridgehead atoms. The third-order valence-electron chi connectivity index (χ3n) is 5.29. The first kappa shape index (κ1) is 16.4. The number of thioether (sulfide) groups is 1. The van der Waals surface area contributed by atoms with Crippen LogP contribution in [0.1, 0.15) is 43.0 Å². The lowest BCUT2D eigenvalue weighted by Gasteiger charge is -2.28. The smallest absolute Gasteiger partial charge is 0.230 e. The highest BCUT2D eigenvalue weighted by atomic mass is 32.2. The molecule has 0 aliphatic heterocycles. The van der Waals surface area contributed by atoms with Crippen LogP contribution >= 0.6 is 11.8 Å². The minimum atomic E-state index is -1.20. The molecule has 0 unspecified atom stereocenters. The maximum atomic E-state index is 12.2. The first-order valence-corrected chi connectivity index (χ1v) is 9.25. The van der Waals surface area contributed by atoms with E-state index < -0.39 is 5.97 Å². The Bertz CT molecular complexity index is 604. The molecule has 4 atom stereocenters. The molecule has 5 heteroatoms. The van der Waals surface area contributed by atoms with Gasteiger partial charge in [0.2, 0.25) is 5.91 Å². The summed E-state index contributed by atoms with van der Waals surface area (Å²) >= 11 is 1.25. The van der Waals surface area contributed by atoms with Crippen molar-refractivity contribution in [2.24, 2.45) is 17.8 Å². The van der Waals surface area contributed by atoms with Crippen molar-refractivity contribution in [3.63, 3.8) is 0 Å². The Morgan fingerprint density at radius 3 is 2.74 bits per heavy atom. The average molecular weight is 332 g/mol. The first-order valence-electron chi connectivity index (χ1n) is 8.27. The van der Waals surface area contributed by atoms with Crippen molar-refractivity contribution < 1.29 is 14.7 Å². The number of amides is 1. The van der Waals surface area contributed by atoms with Crippen molar-refractivity contribution in [2.75, 3.05) is 5.75 Å². The van der Waals surface area contributed by atoms with Crippen LogP contribution in [0.2, 0.25) is 0 Å². The lowest BCUT2D eigenvalue weighted by molar-refractivity contribution is -0.255. The normalized spacial score (nSPS) is 26.9. The van der Waals surface area contributed by atoms with Gasteiger partial charge in [0.1, 0.15) is 0 Å². The Morgan fingerprint density at radius 2 is 2.09 bits per heavy atom. The molecular formula is C18H22NO3S-. The molecule has 1 amide bonds. The van der Waals surface area contributed by atoms with Crippen molar-refractivity contribution in [2.45, 2.75) is 43.5 Å². The summed E-state index contributed by atoms with van der Waals surface area (Å²) in [5.41, 5.74) is 0.145. The van der Waals surface area contributed by atoms with Crippen LogP contribution in [0.3, 0.4) is 0 Å². The predicted molar refractivity (Wildman–Crippen MR) is 88.0 cm³/mol. The monoisotopic (exact) mass is 332 g/mol. The summed E-state index contributed by atoms with van der Waals surface area (Å²) in [4.78, 5) is 23.8. The van der Waals surface area contributed by atoms with E-state index in [1.807, 2.05) is 0 Å². The lowest BCUT2D eigenvalue weighted by Crippen LogP contribution is -2.40. The van der Waals surface area contributed by atoms with Gasteiger partial charge in [-0.2, -0.15) is 0 Å². The summed E-state index contributed by atoms with van der Waals surface area (Å²) in [7, 11) is 0. The topological polar surface area (TPSA) is 69.2 Å². The van der Waals surface area contributed by atoms with Crippen LogP contribution in [0.5, 0.6) is 0 Å². The summed E-state index contributed by atoms with van der Waals surface area (Å²) in [6, 6.07) is 6.85. The Hall–Kier alpha value is -1.49. The zero-order chi connectivity index (χ0) is 16.4. The number of carbonyl (C=O) groups excluding carboxylic acids is 2. The highest BCUT2D eigenvalue weighted by molar-refractivity contribution is 8.00. The number of hydrogen-bond donors (Lipinski definition) is 1. The van der Waals surface area contributed by atoms with Gasteiger partial charge < -0.3 is 15.2 Å². The minimum absolute atomic E-state index is 0.0292. The molecule has 0 heterocycles. The Labute approximate surface area is 141 Å². The van der Waals surface area contributed by atoms with Crippen molar-refractivity contribution in [1.82, 2.24) is 5.32 Å². The SMILES string of the molecule is C[C@H](NC(=O)CSc1ccccc1C(=O)[O-])[C@H]1C[C@H]2CC[C@@H]1C2. The first-order chi connectivity index (χ1) is 11.0. The fourth-order valence-corrected chi connectivity index (χ4v) is 5.06. The number of aromatic carboxylic acids is 1. The second-order valence-electron chi connectivity index (χ2n) is 6.77. The van der Waals surface area contributed by atoms with Crippen molar-refractivity contribution in [1.29, 1.82) is 0 Å². The molecule has 1 aromatic carbocycles. The van der Waals surface area contributed by atoms with Crippen LogP contribution in [0.4, 0.5) is 0 Å². The van der Waals surface area contributed by atoms with E-state index in [-0.39, 0.29) is 23.3 Å². The summed E-state index contributed by atoms with van der Waals surface area (Å²) in [5.74, 6) is 1.26. The fourth-order valence-electron chi connectivity index (χ4n) is 4.21. The van der Waals surface area contributed by atoms with Gasteiger partial charge in [0.15, 0.2) is 0 Å². The number of rotatable bonds is 6. The molecule has 124 valence electrons. The molecule has 0 saturated heterocycles. The van der Waals surface area contributed by atoms with E-state index in [0.717, 1.165) is 11.8 Å². The van der Waals surface area contributed by atoms with E-state index >= 15 is 0 Å². The summed E-state index contributed by atoms with van der Waals surface area (Å²) < 4.78 is 0. The fraction of sp³-hybridized carbons (Fsp3) is 0.556. The largest absolute Gasteiger partial charge is 0.545 e. The van der Waals surface area contributed by atoms with E-state index in [9.17, 15) is 14.7 Å². The molecule has 2 saturated carbocycles. The van der Waals surface area contributed by atoms with Gasteiger partial charge in [-0.25, -0.2) is 0 Å². The summed E-state index contributed by atoms with van der Waals surface area (Å²) in [6.07, 6.45) is 5.24. The third kappa shape index (κ3) is 3.71. The van der Waals surface area contributed by atoms with Crippen molar-refractivity contribution in [3.8, 4) is 0 Å². The molecule has 1 N–H and O–H groups in total. The second kappa shape index (κ2) is 6.95. The van der Waals surface area contributed by atoms with Gasteiger partial charge in [0.25, 0.3) is 0 Å². The van der Waals surface area contributed by atoms with Gasteiger partial charge >= 0.3 is 0 Å². The standard InChI is InChI=1S/C18H23NO3S/c1-11(15-9-12-6-7-13(15)8-12)19-17(20)10-23-16-5-3-2-4-14(16)18(21)22/h2-5,11-13,15H,6-10H2,1H3,(H,19,20)(H,21,22)/p-1/t11-,12-,13+,15+/m0/s1. The molecule has 2 aliphatic rings. The zero-order valence-electron chi connectivity index (χ0n) is 13.3. The van der Waals surface area contributed by atoms with Crippen LogP contribution in [-0.2, 0) is 4.79 Å². The molecule has 0 radical (unpaired) electrons. The highest BCUT2D eigenvalue weighted by Crippen LogP contribution is 2.49. The number of benzene rings is 1. The number of nitrogens with one attached hydrogen (secondary N) is 1. The minimum Gasteiger partial charge on any atom is -0.545 e. The van der Waals surface area contributed by atoms with E-state index in [2.05, 4.69) is 12.2 Å². The third-order valence-corrected chi connectivity index (χ3v) is 6.36. The van der Waals surface area contributed by atoms with Gasteiger partial charge in [0, 0.05) is 16.5 Å². The van der Waals surface area contributed by atoms with Gasteiger partial charge in [0.05, 0.1) is 11.7 Å². The van der Waals surface area contributed by atoms with E-state index in [0.29, 0.717) is 10.8 Å². The zero-order valence-corrected chi connectivity index (χ0v) is 14.1. The maximum Gasteiger partial charge on any atom is 0.230 e. The average Bonchev–Trinajstić information content (AvgIpc) is 3.16. The number of hydrogen-bond acceptors (Lipinski definition) is 4. The van der Waals surface area contributed by atoms with Crippen LogP contribution in [-0.4, -0.2) is 23.7 Å². The molecule has 3 rings (SSSR count). The lowest BCUT2D eigenvalue weighted by atomic mass is 9.84. The van der Waals surface area contributed by atoms with E-state index in [1.165, 1.54) is 43.5 Å². The Morgan fingerprint density at radius 1 is 1.30 bits per heavy atom. The van der Waals surface area contributed by atoms with Gasteiger partial charge in [-0.3, -0.25) is 4.79 Å². The molecule has 2 aliphatic carbocycles. The molecule has 0 aromatic heterocycles. The number of carboxylic acid groups (broad SMARTS) is 1. The summed E-state index contributed by atoms with van der Waals surface area (Å²) in [5, 5.41) is 14.2. The van der Waals surface area contributed by atoms with Crippen molar-refractivity contribution in [3.05, 3.63) is 29.8 Å². The number of carboxylic acids is 1. The summed E-state index contributed by atoms with van der Waals surface area (Å²) in [6.45, 7) is 2.10. The second-order valence-corrected chi connectivity index (χ2v) is 7.78. The highest BCUT2D eigenvalue weighted by Gasteiger charge is 2.42. The molecule has 2 fully saturated rings. The van der Waals surface area contributed by atoms with Crippen LogP contribution in [0.25, 0.3) is 0 Å². The molecule has 23 heavy (non-hydrogen) atoms. The number of fused-ring (bicyclic) bond motifs is 2. The van der Waals surface area contributed by atoms with Crippen LogP contribution in [0.15, 0.2) is 29.2 Å². The Balaban J connectivity index is 1.51. The van der Waals surface area contributed by atoms with E-state index in [4.69, 9.17) is 0 Å². The van der Waals surface area contributed by atoms with Crippen LogP contribution < -0.4 is 10.4 Å². The van der Waals surface area contributed by atoms with Gasteiger partial charge in [-0.1, -0.05) is 24.6 Å². The molecule has 1 aromatic rings. The Kier molecular flexibility index (Phi) is 4.95. The predicted octanol–water partition coefficient (Wildman–Crippen LogP) is 2.08. The quantitative estimate of drug-likeness (QED) is 0.810. The number of carbonyl (C=O) groups is 2.